The van der Waals surface area contributed by atoms with Crippen molar-refractivity contribution in [1.29, 1.82) is 0 Å². The van der Waals surface area contributed by atoms with Gasteiger partial charge in [0.05, 0.1) is 31.8 Å². The summed E-state index contributed by atoms with van der Waals surface area (Å²) < 4.78 is 6.00. The molecular weight excluding hydrogens is 306 g/mol. The van der Waals surface area contributed by atoms with Crippen LogP contribution in [0, 0.1) is 0 Å². The monoisotopic (exact) mass is 331 g/mol. The average Bonchev–Trinajstić information content (AvgIpc) is 2.58. The molecule has 0 saturated carbocycles. The maximum absolute atomic E-state index is 12.9. The van der Waals surface area contributed by atoms with Crippen molar-refractivity contribution < 1.29 is 14.3 Å². The SMILES string of the molecule is C[C@@H]1CO[C@H](c2ccccc2)[C@H](C)N1C(=O)CN1CCNCC1=O. The summed E-state index contributed by atoms with van der Waals surface area (Å²) in [5.41, 5.74) is 1.08. The minimum Gasteiger partial charge on any atom is -0.369 e. The fourth-order valence-corrected chi connectivity index (χ4v) is 3.56. The first-order valence-electron chi connectivity index (χ1n) is 8.54. The van der Waals surface area contributed by atoms with Crippen molar-refractivity contribution >= 4 is 11.8 Å². The highest BCUT2D eigenvalue weighted by atomic mass is 16.5. The van der Waals surface area contributed by atoms with Crippen LogP contribution in [0.4, 0.5) is 0 Å². The van der Waals surface area contributed by atoms with Crippen LogP contribution in [0.2, 0.25) is 0 Å². The first kappa shape index (κ1) is 16.9. The normalized spacial score (nSPS) is 28.1. The summed E-state index contributed by atoms with van der Waals surface area (Å²) >= 11 is 0. The van der Waals surface area contributed by atoms with Crippen molar-refractivity contribution in [2.45, 2.75) is 32.0 Å². The molecule has 1 N–H and O–H groups in total. The van der Waals surface area contributed by atoms with Crippen LogP contribution in [0.25, 0.3) is 0 Å². The van der Waals surface area contributed by atoms with E-state index in [1.807, 2.05) is 49.1 Å². The van der Waals surface area contributed by atoms with E-state index in [0.717, 1.165) is 12.1 Å². The van der Waals surface area contributed by atoms with Gasteiger partial charge in [0.15, 0.2) is 0 Å². The van der Waals surface area contributed by atoms with Gasteiger partial charge in [-0.3, -0.25) is 9.59 Å². The second-order valence-corrected chi connectivity index (χ2v) is 6.55. The van der Waals surface area contributed by atoms with Gasteiger partial charge in [0.1, 0.15) is 6.10 Å². The van der Waals surface area contributed by atoms with Crippen LogP contribution in [0.5, 0.6) is 0 Å². The molecule has 2 heterocycles. The van der Waals surface area contributed by atoms with E-state index in [2.05, 4.69) is 5.32 Å². The minimum atomic E-state index is -0.134. The molecule has 0 aliphatic carbocycles. The third-order valence-electron chi connectivity index (χ3n) is 4.80. The van der Waals surface area contributed by atoms with Gasteiger partial charge in [0.2, 0.25) is 11.8 Å². The molecule has 1 aromatic rings. The summed E-state index contributed by atoms with van der Waals surface area (Å²) in [7, 11) is 0. The van der Waals surface area contributed by atoms with E-state index in [1.54, 1.807) is 4.90 Å². The first-order chi connectivity index (χ1) is 11.6. The van der Waals surface area contributed by atoms with Crippen LogP contribution < -0.4 is 5.32 Å². The fraction of sp³-hybridized carbons (Fsp3) is 0.556. The van der Waals surface area contributed by atoms with Crippen LogP contribution in [0.3, 0.4) is 0 Å². The molecule has 0 bridgehead atoms. The van der Waals surface area contributed by atoms with E-state index in [0.29, 0.717) is 19.7 Å². The molecule has 0 radical (unpaired) electrons. The quantitative estimate of drug-likeness (QED) is 0.890. The molecule has 2 amide bonds. The number of hydrogen-bond donors (Lipinski definition) is 1. The maximum atomic E-state index is 12.9. The Morgan fingerprint density at radius 3 is 2.75 bits per heavy atom. The molecule has 130 valence electrons. The van der Waals surface area contributed by atoms with Crippen molar-refractivity contribution in [2.75, 3.05) is 32.8 Å². The second kappa shape index (κ2) is 7.32. The van der Waals surface area contributed by atoms with Crippen molar-refractivity contribution in [2.24, 2.45) is 0 Å². The third-order valence-corrected chi connectivity index (χ3v) is 4.80. The molecule has 3 atom stereocenters. The van der Waals surface area contributed by atoms with Crippen LogP contribution in [0.15, 0.2) is 30.3 Å². The molecule has 0 aromatic heterocycles. The van der Waals surface area contributed by atoms with Gasteiger partial charge in [-0.05, 0) is 19.4 Å². The van der Waals surface area contributed by atoms with E-state index in [1.165, 1.54) is 0 Å². The largest absolute Gasteiger partial charge is 0.369 e. The molecular formula is C18H25N3O3. The molecule has 24 heavy (non-hydrogen) atoms. The number of hydrogen-bond acceptors (Lipinski definition) is 4. The van der Waals surface area contributed by atoms with Gasteiger partial charge in [0, 0.05) is 13.1 Å². The lowest BCUT2D eigenvalue weighted by Crippen LogP contribution is -2.58. The van der Waals surface area contributed by atoms with Crippen molar-refractivity contribution in [3.05, 3.63) is 35.9 Å². The smallest absolute Gasteiger partial charge is 0.242 e. The van der Waals surface area contributed by atoms with Gasteiger partial charge in [0.25, 0.3) is 0 Å². The highest BCUT2D eigenvalue weighted by Gasteiger charge is 2.37. The van der Waals surface area contributed by atoms with Gasteiger partial charge in [-0.15, -0.1) is 0 Å². The topological polar surface area (TPSA) is 61.9 Å². The molecule has 0 unspecified atom stereocenters. The zero-order valence-corrected chi connectivity index (χ0v) is 14.3. The van der Waals surface area contributed by atoms with Crippen LogP contribution in [0.1, 0.15) is 25.5 Å². The summed E-state index contributed by atoms with van der Waals surface area (Å²) in [5, 5.41) is 3.03. The molecule has 0 spiro atoms. The number of nitrogens with one attached hydrogen (secondary N) is 1. The number of piperazine rings is 1. The standard InChI is InChI=1S/C18H25N3O3/c1-13-12-24-18(15-6-4-3-5-7-15)14(2)21(13)17(23)11-20-9-8-19-10-16(20)22/h3-7,13-14,18-19H,8-12H2,1-2H3/t13-,14+,18+/m1/s1. The van der Waals surface area contributed by atoms with E-state index >= 15 is 0 Å². The first-order valence-corrected chi connectivity index (χ1v) is 8.54. The predicted molar refractivity (Wildman–Crippen MR) is 90.4 cm³/mol. The van der Waals surface area contributed by atoms with Gasteiger partial charge in [-0.2, -0.15) is 0 Å². The number of rotatable bonds is 3. The Morgan fingerprint density at radius 1 is 1.29 bits per heavy atom. The Hall–Kier alpha value is -1.92. The Kier molecular flexibility index (Phi) is 5.16. The summed E-state index contributed by atoms with van der Waals surface area (Å²) in [6.07, 6.45) is -0.134. The summed E-state index contributed by atoms with van der Waals surface area (Å²) in [6.45, 7) is 6.30. The fourth-order valence-electron chi connectivity index (χ4n) is 3.56. The van der Waals surface area contributed by atoms with E-state index < -0.39 is 0 Å². The summed E-state index contributed by atoms with van der Waals surface area (Å²) in [4.78, 5) is 28.3. The lowest BCUT2D eigenvalue weighted by molar-refractivity contribution is -0.157. The zero-order chi connectivity index (χ0) is 17.1. The number of nitrogens with zero attached hydrogens (tertiary/aromatic N) is 2. The molecule has 3 rings (SSSR count). The van der Waals surface area contributed by atoms with Crippen molar-refractivity contribution in [1.82, 2.24) is 15.1 Å². The van der Waals surface area contributed by atoms with E-state index in [-0.39, 0.29) is 36.5 Å². The van der Waals surface area contributed by atoms with Gasteiger partial charge < -0.3 is 19.9 Å². The van der Waals surface area contributed by atoms with Crippen molar-refractivity contribution in [3.63, 3.8) is 0 Å². The number of benzene rings is 1. The second-order valence-electron chi connectivity index (χ2n) is 6.55. The maximum Gasteiger partial charge on any atom is 0.242 e. The number of carbonyl (C=O) groups is 2. The number of morpholine rings is 1. The Balaban J connectivity index is 1.72. The minimum absolute atomic E-state index is 0.00507. The summed E-state index contributed by atoms with van der Waals surface area (Å²) in [6, 6.07) is 9.93. The molecule has 2 aliphatic rings. The molecule has 2 aliphatic heterocycles. The highest BCUT2D eigenvalue weighted by molar-refractivity contribution is 5.86. The molecule has 2 fully saturated rings. The number of ether oxygens (including phenoxy) is 1. The molecule has 6 nitrogen and oxygen atoms in total. The van der Waals surface area contributed by atoms with Crippen molar-refractivity contribution in [3.8, 4) is 0 Å². The van der Waals surface area contributed by atoms with E-state index in [4.69, 9.17) is 4.74 Å². The average molecular weight is 331 g/mol. The molecule has 1 aromatic carbocycles. The predicted octanol–water partition coefficient (Wildman–Crippen LogP) is 0.795. The third kappa shape index (κ3) is 3.44. The lowest BCUT2D eigenvalue weighted by Gasteiger charge is -2.44. The Morgan fingerprint density at radius 2 is 2.04 bits per heavy atom. The lowest BCUT2D eigenvalue weighted by atomic mass is 9.98. The zero-order valence-electron chi connectivity index (χ0n) is 14.3. The number of carbonyl (C=O) groups excluding carboxylic acids is 2. The Bertz CT molecular complexity index is 592. The molecule has 6 heteroatoms. The summed E-state index contributed by atoms with van der Waals surface area (Å²) in [5.74, 6) is -0.0164. The van der Waals surface area contributed by atoms with Gasteiger partial charge in [-0.25, -0.2) is 0 Å². The Labute approximate surface area is 142 Å². The van der Waals surface area contributed by atoms with Crippen LogP contribution in [-0.2, 0) is 14.3 Å². The van der Waals surface area contributed by atoms with Crippen LogP contribution in [-0.4, -0.2) is 66.5 Å². The number of amides is 2. The highest BCUT2D eigenvalue weighted by Crippen LogP contribution is 2.30. The molecule has 2 saturated heterocycles. The van der Waals surface area contributed by atoms with Crippen LogP contribution >= 0.6 is 0 Å². The van der Waals surface area contributed by atoms with E-state index in [9.17, 15) is 9.59 Å². The van der Waals surface area contributed by atoms with Gasteiger partial charge >= 0.3 is 0 Å². The van der Waals surface area contributed by atoms with Gasteiger partial charge in [-0.1, -0.05) is 30.3 Å².